The number of hydrogen-bond acceptors (Lipinski definition) is 2. The first-order valence-corrected chi connectivity index (χ1v) is 4.70. The zero-order valence-corrected chi connectivity index (χ0v) is 8.70. The minimum absolute atomic E-state index is 0.0480. The molecule has 0 saturated carbocycles. The summed E-state index contributed by atoms with van der Waals surface area (Å²) in [6.45, 7) is 3.40. The minimum Gasteiger partial charge on any atom is -0.492 e. The molecule has 1 N–H and O–H groups in total. The summed E-state index contributed by atoms with van der Waals surface area (Å²) in [6.07, 6.45) is 1.02. The molecular weight excluding hydrogens is 232 g/mol. The molecule has 0 heterocycles. The Morgan fingerprint density at radius 1 is 1.46 bits per heavy atom. The third-order valence-electron chi connectivity index (χ3n) is 1.67. The molecule has 3 heteroatoms. The fourth-order valence-electron chi connectivity index (χ4n) is 1.02. The lowest BCUT2D eigenvalue weighted by atomic mass is 10.1. The number of aliphatic hydroxyl groups is 1. The number of rotatable bonds is 4. The van der Waals surface area contributed by atoms with E-state index in [1.807, 2.05) is 24.3 Å². The first-order valence-electron chi connectivity index (χ1n) is 3.90. The molecule has 0 bridgehead atoms. The molecule has 1 atom stereocenters. The van der Waals surface area contributed by atoms with Gasteiger partial charge in [0.15, 0.2) is 0 Å². The Hall–Kier alpha value is -0.800. The molecule has 1 rings (SSSR count). The predicted molar refractivity (Wildman–Crippen MR) is 55.3 cm³/mol. The Bertz CT molecular complexity index is 269. The van der Waals surface area contributed by atoms with Gasteiger partial charge in [-0.15, -0.1) is 0 Å². The van der Waals surface area contributed by atoms with E-state index in [4.69, 9.17) is 9.84 Å². The van der Waals surface area contributed by atoms with Crippen LogP contribution in [0.3, 0.4) is 0 Å². The van der Waals surface area contributed by atoms with Gasteiger partial charge in [-0.25, -0.2) is 0 Å². The van der Waals surface area contributed by atoms with Crippen LogP contribution in [-0.2, 0) is 4.74 Å². The van der Waals surface area contributed by atoms with Gasteiger partial charge in [0.2, 0.25) is 0 Å². The second-order valence-electron chi connectivity index (χ2n) is 2.53. The number of aliphatic hydroxyl groups excluding tert-OH is 1. The van der Waals surface area contributed by atoms with E-state index < -0.39 is 0 Å². The van der Waals surface area contributed by atoms with Crippen molar-refractivity contribution in [2.24, 2.45) is 0 Å². The predicted octanol–water partition coefficient (Wildman–Crippen LogP) is 2.64. The van der Waals surface area contributed by atoms with Crippen molar-refractivity contribution in [3.63, 3.8) is 0 Å². The van der Waals surface area contributed by atoms with Crippen molar-refractivity contribution in [3.8, 4) is 0 Å². The Kier molecular flexibility index (Phi) is 3.99. The van der Waals surface area contributed by atoms with Crippen molar-refractivity contribution in [1.29, 1.82) is 0 Å². The second-order valence-corrected chi connectivity index (χ2v) is 3.44. The summed E-state index contributed by atoms with van der Waals surface area (Å²) in [6, 6.07) is 7.61. The van der Waals surface area contributed by atoms with Crippen molar-refractivity contribution >= 4 is 15.9 Å². The molecule has 13 heavy (non-hydrogen) atoms. The lowest BCUT2D eigenvalue weighted by Crippen LogP contribution is -2.05. The highest BCUT2D eigenvalue weighted by molar-refractivity contribution is 9.10. The molecule has 70 valence electrons. The van der Waals surface area contributed by atoms with E-state index in [9.17, 15) is 0 Å². The van der Waals surface area contributed by atoms with Crippen LogP contribution in [0, 0.1) is 0 Å². The van der Waals surface area contributed by atoms with Gasteiger partial charge in [0.1, 0.15) is 6.10 Å². The van der Waals surface area contributed by atoms with Crippen LogP contribution >= 0.6 is 15.9 Å². The fraction of sp³-hybridized carbons (Fsp3) is 0.200. The van der Waals surface area contributed by atoms with Gasteiger partial charge in [-0.3, -0.25) is 0 Å². The average Bonchev–Trinajstić information content (AvgIpc) is 2.16. The SMILES string of the molecule is C=COC(CO)c1ccc(Br)cc1. The fourth-order valence-corrected chi connectivity index (χ4v) is 1.28. The molecule has 0 spiro atoms. The maximum atomic E-state index is 9.00. The van der Waals surface area contributed by atoms with Gasteiger partial charge in [-0.2, -0.15) is 0 Å². The summed E-state index contributed by atoms with van der Waals surface area (Å²) < 4.78 is 6.12. The smallest absolute Gasteiger partial charge is 0.146 e. The normalized spacial score (nSPS) is 12.2. The van der Waals surface area contributed by atoms with Gasteiger partial charge in [0.25, 0.3) is 0 Å². The average molecular weight is 243 g/mol. The van der Waals surface area contributed by atoms with Crippen molar-refractivity contribution in [2.75, 3.05) is 6.61 Å². The van der Waals surface area contributed by atoms with Gasteiger partial charge in [0.05, 0.1) is 12.9 Å². The lowest BCUT2D eigenvalue weighted by molar-refractivity contribution is 0.0782. The van der Waals surface area contributed by atoms with E-state index >= 15 is 0 Å². The molecule has 0 amide bonds. The van der Waals surface area contributed by atoms with E-state index in [0.29, 0.717) is 0 Å². The molecule has 0 aromatic heterocycles. The summed E-state index contributed by atoms with van der Waals surface area (Å²) in [5.74, 6) is 0. The van der Waals surface area contributed by atoms with Gasteiger partial charge in [-0.1, -0.05) is 34.6 Å². The molecule has 0 aliphatic rings. The molecule has 0 radical (unpaired) electrons. The minimum atomic E-state index is -0.314. The van der Waals surface area contributed by atoms with E-state index in [2.05, 4.69) is 22.5 Å². The van der Waals surface area contributed by atoms with Gasteiger partial charge < -0.3 is 9.84 Å². The Labute approximate surface area is 86.0 Å². The van der Waals surface area contributed by atoms with E-state index in [1.54, 1.807) is 0 Å². The zero-order chi connectivity index (χ0) is 9.68. The van der Waals surface area contributed by atoms with Crippen molar-refractivity contribution in [2.45, 2.75) is 6.10 Å². The van der Waals surface area contributed by atoms with Crippen LogP contribution in [0.1, 0.15) is 11.7 Å². The molecule has 0 aliphatic carbocycles. The van der Waals surface area contributed by atoms with Gasteiger partial charge >= 0.3 is 0 Å². The van der Waals surface area contributed by atoms with Crippen molar-refractivity contribution in [1.82, 2.24) is 0 Å². The summed E-state index contributed by atoms with van der Waals surface area (Å²) in [4.78, 5) is 0. The lowest BCUT2D eigenvalue weighted by Gasteiger charge is -2.13. The molecule has 0 fully saturated rings. The number of halogens is 1. The summed E-state index contributed by atoms with van der Waals surface area (Å²) in [5, 5.41) is 9.00. The summed E-state index contributed by atoms with van der Waals surface area (Å²) in [5.41, 5.74) is 0.936. The van der Waals surface area contributed by atoms with Gasteiger partial charge in [-0.05, 0) is 17.7 Å². The van der Waals surface area contributed by atoms with Gasteiger partial charge in [0, 0.05) is 4.47 Å². The molecule has 2 nitrogen and oxygen atoms in total. The van der Waals surface area contributed by atoms with E-state index in [-0.39, 0.29) is 12.7 Å². The largest absolute Gasteiger partial charge is 0.492 e. The third-order valence-corrected chi connectivity index (χ3v) is 2.20. The van der Waals surface area contributed by atoms with Crippen molar-refractivity contribution < 1.29 is 9.84 Å². The number of benzene rings is 1. The summed E-state index contributed by atoms with van der Waals surface area (Å²) in [7, 11) is 0. The maximum Gasteiger partial charge on any atom is 0.146 e. The first kappa shape index (κ1) is 10.3. The second kappa shape index (κ2) is 5.04. The van der Waals surface area contributed by atoms with E-state index in [1.165, 1.54) is 6.26 Å². The van der Waals surface area contributed by atoms with Crippen LogP contribution in [0.2, 0.25) is 0 Å². The van der Waals surface area contributed by atoms with Crippen LogP contribution in [-0.4, -0.2) is 11.7 Å². The van der Waals surface area contributed by atoms with Crippen LogP contribution in [0.25, 0.3) is 0 Å². The molecule has 1 unspecified atom stereocenters. The molecule has 1 aromatic carbocycles. The molecule has 1 aromatic rings. The van der Waals surface area contributed by atoms with Crippen LogP contribution in [0.15, 0.2) is 41.6 Å². The molecular formula is C10H11BrO2. The third kappa shape index (κ3) is 2.86. The zero-order valence-electron chi connectivity index (χ0n) is 7.11. The number of hydrogen-bond donors (Lipinski definition) is 1. The van der Waals surface area contributed by atoms with E-state index in [0.717, 1.165) is 10.0 Å². The topological polar surface area (TPSA) is 29.5 Å². The van der Waals surface area contributed by atoms with Crippen LogP contribution in [0.5, 0.6) is 0 Å². The van der Waals surface area contributed by atoms with Crippen molar-refractivity contribution in [3.05, 3.63) is 47.1 Å². The standard InChI is InChI=1S/C10H11BrO2/c1-2-13-10(7-12)8-3-5-9(11)6-4-8/h2-6,10,12H,1,7H2. The molecule has 0 saturated heterocycles. The number of ether oxygens (including phenoxy) is 1. The Morgan fingerprint density at radius 2 is 2.08 bits per heavy atom. The first-order chi connectivity index (χ1) is 6.27. The van der Waals surface area contributed by atoms with Crippen LogP contribution in [0.4, 0.5) is 0 Å². The highest BCUT2D eigenvalue weighted by atomic mass is 79.9. The van der Waals surface area contributed by atoms with Crippen LogP contribution < -0.4 is 0 Å². The maximum absolute atomic E-state index is 9.00. The highest BCUT2D eigenvalue weighted by Gasteiger charge is 2.08. The molecule has 0 aliphatic heterocycles. The Balaban J connectivity index is 2.78. The Morgan fingerprint density at radius 3 is 2.54 bits per heavy atom. The monoisotopic (exact) mass is 242 g/mol. The highest BCUT2D eigenvalue weighted by Crippen LogP contribution is 2.19. The quantitative estimate of drug-likeness (QED) is 0.823. The summed E-state index contributed by atoms with van der Waals surface area (Å²) >= 11 is 3.33.